The minimum atomic E-state index is -5.08. The topological polar surface area (TPSA) is 122 Å². The van der Waals surface area contributed by atoms with Crippen molar-refractivity contribution in [3.05, 3.63) is 77.9 Å². The van der Waals surface area contributed by atoms with E-state index in [0.717, 1.165) is 17.7 Å². The Morgan fingerprint density at radius 3 is 1.98 bits per heavy atom. The molecule has 0 aliphatic rings. The SMILES string of the molecule is CC.CC(Cc1ccccc1)[C@@H](/C=C/C(=O)Nc1cccc(C(F)(F)F)c1)NC(=O)[C@H](C)N.O=C(O)C(F)(F)F. The van der Waals surface area contributed by atoms with Gasteiger partial charge in [-0.25, -0.2) is 4.79 Å². The minimum absolute atomic E-state index is 0.0259. The van der Waals surface area contributed by atoms with Gasteiger partial charge in [0.15, 0.2) is 0 Å². The molecular formula is C27H33F6N3O4. The van der Waals surface area contributed by atoms with Gasteiger partial charge in [0.25, 0.3) is 0 Å². The Morgan fingerprint density at radius 2 is 1.50 bits per heavy atom. The van der Waals surface area contributed by atoms with E-state index in [1.165, 1.54) is 24.3 Å². The molecule has 5 N–H and O–H groups in total. The van der Waals surface area contributed by atoms with Crippen molar-refractivity contribution in [1.29, 1.82) is 0 Å². The smallest absolute Gasteiger partial charge is 0.475 e. The zero-order chi connectivity index (χ0) is 31.1. The Balaban J connectivity index is 0.00000147. The Morgan fingerprint density at radius 1 is 0.950 bits per heavy atom. The number of amides is 2. The number of alkyl halides is 6. The van der Waals surface area contributed by atoms with Crippen LogP contribution in [0, 0.1) is 5.92 Å². The zero-order valence-electron chi connectivity index (χ0n) is 22.3. The highest BCUT2D eigenvalue weighted by molar-refractivity contribution is 5.99. The summed E-state index contributed by atoms with van der Waals surface area (Å²) in [6.45, 7) is 7.48. The van der Waals surface area contributed by atoms with Gasteiger partial charge in [-0.05, 0) is 43.0 Å². The molecule has 2 amide bonds. The van der Waals surface area contributed by atoms with E-state index in [0.29, 0.717) is 6.42 Å². The molecule has 13 heteroatoms. The highest BCUT2D eigenvalue weighted by atomic mass is 19.4. The van der Waals surface area contributed by atoms with Crippen LogP contribution in [0.1, 0.15) is 38.8 Å². The normalized spacial score (nSPS) is 13.5. The highest BCUT2D eigenvalue weighted by Crippen LogP contribution is 2.30. The summed E-state index contributed by atoms with van der Waals surface area (Å²) in [6.07, 6.45) is -6.22. The molecule has 0 saturated heterocycles. The number of rotatable bonds is 8. The molecule has 3 atom stereocenters. The molecule has 0 aliphatic carbocycles. The maximum atomic E-state index is 12.8. The van der Waals surface area contributed by atoms with Gasteiger partial charge in [0.05, 0.1) is 17.6 Å². The Hall–Kier alpha value is -3.87. The standard InChI is InChI=1S/C23H26F3N3O2.C2HF3O2.C2H6/c1-15(13-17-7-4-3-5-8-17)20(29-22(31)16(2)27)11-12-21(30)28-19-10-6-9-18(14-19)23(24,25)26;3-2(4,5)1(6)7;1-2/h3-12,14-16,20H,13,27H2,1-2H3,(H,28,30)(H,29,31);(H,6,7);1-2H3/b12-11+;;/t15?,16-,20+;;/m0../s1. The number of carbonyl (C=O) groups excluding carboxylic acids is 2. The number of nitrogens with two attached hydrogens (primary N) is 1. The lowest BCUT2D eigenvalue weighted by atomic mass is 9.93. The molecule has 7 nitrogen and oxygen atoms in total. The van der Waals surface area contributed by atoms with Crippen molar-refractivity contribution in [2.45, 2.75) is 58.6 Å². The van der Waals surface area contributed by atoms with Crippen LogP contribution in [0.5, 0.6) is 0 Å². The van der Waals surface area contributed by atoms with Crippen LogP contribution < -0.4 is 16.4 Å². The first-order valence-corrected chi connectivity index (χ1v) is 12.1. The molecular weight excluding hydrogens is 544 g/mol. The average molecular weight is 578 g/mol. The van der Waals surface area contributed by atoms with Gasteiger partial charge in [-0.15, -0.1) is 0 Å². The van der Waals surface area contributed by atoms with Crippen molar-refractivity contribution in [3.63, 3.8) is 0 Å². The van der Waals surface area contributed by atoms with Gasteiger partial charge in [-0.1, -0.05) is 63.2 Å². The van der Waals surface area contributed by atoms with Gasteiger partial charge in [0, 0.05) is 11.8 Å². The summed E-state index contributed by atoms with van der Waals surface area (Å²) in [5.41, 5.74) is 5.88. The minimum Gasteiger partial charge on any atom is -0.475 e. The van der Waals surface area contributed by atoms with Crippen molar-refractivity contribution in [2.24, 2.45) is 11.7 Å². The number of benzene rings is 2. The zero-order valence-corrected chi connectivity index (χ0v) is 22.3. The van der Waals surface area contributed by atoms with Crippen molar-refractivity contribution in [3.8, 4) is 0 Å². The Kier molecular flexibility index (Phi) is 15.3. The van der Waals surface area contributed by atoms with Crippen LogP contribution in [0.15, 0.2) is 66.7 Å². The van der Waals surface area contributed by atoms with Gasteiger partial charge < -0.3 is 21.5 Å². The highest BCUT2D eigenvalue weighted by Gasteiger charge is 2.38. The fraction of sp³-hybridized carbons (Fsp3) is 0.370. The second-order valence-electron chi connectivity index (χ2n) is 8.22. The van der Waals surface area contributed by atoms with Crippen LogP contribution in [-0.2, 0) is 27.0 Å². The van der Waals surface area contributed by atoms with Gasteiger partial charge >= 0.3 is 18.3 Å². The van der Waals surface area contributed by atoms with Crippen molar-refractivity contribution in [1.82, 2.24) is 5.32 Å². The lowest BCUT2D eigenvalue weighted by Gasteiger charge is -2.23. The second-order valence-corrected chi connectivity index (χ2v) is 8.22. The van der Waals surface area contributed by atoms with Crippen LogP contribution in [0.2, 0.25) is 0 Å². The molecule has 0 aromatic heterocycles. The van der Waals surface area contributed by atoms with E-state index in [4.69, 9.17) is 15.6 Å². The van der Waals surface area contributed by atoms with Gasteiger partial charge in [0.2, 0.25) is 11.8 Å². The molecule has 0 aliphatic heterocycles. The molecule has 40 heavy (non-hydrogen) atoms. The summed E-state index contributed by atoms with van der Waals surface area (Å²) in [6, 6.07) is 12.8. The molecule has 1 unspecified atom stereocenters. The van der Waals surface area contributed by atoms with E-state index in [1.807, 2.05) is 51.1 Å². The van der Waals surface area contributed by atoms with Gasteiger partial charge in [0.1, 0.15) is 0 Å². The lowest BCUT2D eigenvalue weighted by molar-refractivity contribution is -0.192. The number of aliphatic carboxylic acids is 1. The van der Waals surface area contributed by atoms with Crippen LogP contribution >= 0.6 is 0 Å². The lowest BCUT2D eigenvalue weighted by Crippen LogP contribution is -2.46. The number of nitrogens with one attached hydrogen (secondary N) is 2. The van der Waals surface area contributed by atoms with E-state index in [9.17, 15) is 35.9 Å². The fourth-order valence-electron chi connectivity index (χ4n) is 2.94. The summed E-state index contributed by atoms with van der Waals surface area (Å²) in [7, 11) is 0. The van der Waals surface area contributed by atoms with E-state index in [1.54, 1.807) is 6.92 Å². The summed E-state index contributed by atoms with van der Waals surface area (Å²) < 4.78 is 70.2. The molecule has 222 valence electrons. The first kappa shape index (κ1) is 36.1. The van der Waals surface area contributed by atoms with Gasteiger partial charge in [-0.3, -0.25) is 9.59 Å². The predicted molar refractivity (Wildman–Crippen MR) is 139 cm³/mol. The average Bonchev–Trinajstić information content (AvgIpc) is 2.87. The van der Waals surface area contributed by atoms with Crippen LogP contribution in [-0.4, -0.2) is 41.2 Å². The molecule has 0 heterocycles. The Labute approximate surface area is 228 Å². The van der Waals surface area contributed by atoms with Crippen LogP contribution in [0.4, 0.5) is 32.0 Å². The fourth-order valence-corrected chi connectivity index (χ4v) is 2.94. The van der Waals surface area contributed by atoms with E-state index in [-0.39, 0.29) is 17.5 Å². The molecule has 2 aromatic carbocycles. The molecule has 0 spiro atoms. The first-order valence-electron chi connectivity index (χ1n) is 12.1. The molecule has 0 saturated carbocycles. The number of carboxylic acids is 1. The maximum Gasteiger partial charge on any atom is 0.490 e. The quantitative estimate of drug-likeness (QED) is 0.242. The van der Waals surface area contributed by atoms with Crippen LogP contribution in [0.25, 0.3) is 0 Å². The molecule has 0 radical (unpaired) electrons. The maximum absolute atomic E-state index is 12.8. The summed E-state index contributed by atoms with van der Waals surface area (Å²) in [4.78, 5) is 33.3. The number of carboxylic acid groups (broad SMARTS) is 1. The molecule has 0 fully saturated rings. The third-order valence-electron chi connectivity index (χ3n) is 4.89. The third-order valence-corrected chi connectivity index (χ3v) is 4.89. The largest absolute Gasteiger partial charge is 0.490 e. The summed E-state index contributed by atoms with van der Waals surface area (Å²) >= 11 is 0. The van der Waals surface area contributed by atoms with Crippen molar-refractivity contribution < 1.29 is 45.8 Å². The third kappa shape index (κ3) is 14.3. The van der Waals surface area contributed by atoms with Crippen molar-refractivity contribution in [2.75, 3.05) is 5.32 Å². The number of halogens is 6. The number of anilines is 1. The molecule has 2 rings (SSSR count). The van der Waals surface area contributed by atoms with E-state index < -0.39 is 41.9 Å². The first-order chi connectivity index (χ1) is 18.5. The van der Waals surface area contributed by atoms with E-state index >= 15 is 0 Å². The van der Waals surface area contributed by atoms with Crippen molar-refractivity contribution >= 4 is 23.5 Å². The van der Waals surface area contributed by atoms with Crippen LogP contribution in [0.3, 0.4) is 0 Å². The summed E-state index contributed by atoms with van der Waals surface area (Å²) in [5, 5.41) is 12.3. The molecule has 2 aromatic rings. The van der Waals surface area contributed by atoms with E-state index in [2.05, 4.69) is 10.6 Å². The molecule has 0 bridgehead atoms. The number of hydrogen-bond donors (Lipinski definition) is 4. The monoisotopic (exact) mass is 577 g/mol. The second kappa shape index (κ2) is 17.0. The van der Waals surface area contributed by atoms with Gasteiger partial charge in [-0.2, -0.15) is 26.3 Å². The Bertz CT molecular complexity index is 1100. The number of hydrogen-bond acceptors (Lipinski definition) is 4. The summed E-state index contributed by atoms with van der Waals surface area (Å²) in [5.74, 6) is -3.80. The predicted octanol–water partition coefficient (Wildman–Crippen LogP) is 5.57. The number of carbonyl (C=O) groups is 3.